The smallest absolute Gasteiger partial charge is 0.264 e. The van der Waals surface area contributed by atoms with Crippen LogP contribution in [0.2, 0.25) is 5.02 Å². The summed E-state index contributed by atoms with van der Waals surface area (Å²) in [6.07, 6.45) is 3.67. The number of rotatable bonds is 8. The van der Waals surface area contributed by atoms with Gasteiger partial charge in [-0.1, -0.05) is 43.1 Å². The molecule has 2 heterocycles. The van der Waals surface area contributed by atoms with Gasteiger partial charge in [-0.3, -0.25) is 4.31 Å². The zero-order chi connectivity index (χ0) is 23.4. The molecule has 1 saturated heterocycles. The first-order chi connectivity index (χ1) is 15.9. The Morgan fingerprint density at radius 2 is 1.97 bits per heavy atom. The van der Waals surface area contributed by atoms with Crippen molar-refractivity contribution in [3.05, 3.63) is 59.4 Å². The molecule has 9 heteroatoms. The molecule has 0 saturated carbocycles. The molecule has 3 aromatic rings. The third kappa shape index (κ3) is 4.93. The number of halogens is 1. The molecular weight excluding hydrogens is 458 g/mol. The van der Waals surface area contributed by atoms with Crippen molar-refractivity contribution in [2.24, 2.45) is 0 Å². The molecular formula is C24H30ClN5O2S. The lowest BCUT2D eigenvalue weighted by Gasteiger charge is -2.29. The standard InChI is InChI=1S/C24H30ClN5O2S/c1-3-4-15-29(33(31,32)21-10-6-5-7-11-21)23-13-12-19(25)16-22(23)24-28-27-18(2)30(24)20-9-8-14-26-17-20/h5-7,10-13,16,20,26H,3-4,8-9,14-15,17H2,1-2H3. The van der Waals surface area contributed by atoms with Gasteiger partial charge in [-0.05, 0) is 63.1 Å². The average molecular weight is 488 g/mol. The van der Waals surface area contributed by atoms with Gasteiger partial charge in [-0.2, -0.15) is 0 Å². The quantitative estimate of drug-likeness (QED) is 0.492. The number of hydrogen-bond donors (Lipinski definition) is 1. The molecule has 0 bridgehead atoms. The highest BCUT2D eigenvalue weighted by Crippen LogP contribution is 2.37. The predicted octanol–water partition coefficient (Wildman–Crippen LogP) is 4.83. The second kappa shape index (κ2) is 10.2. The molecule has 4 rings (SSSR count). The number of benzene rings is 2. The van der Waals surface area contributed by atoms with Crippen molar-refractivity contribution in [1.29, 1.82) is 0 Å². The van der Waals surface area contributed by atoms with Crippen LogP contribution in [0.5, 0.6) is 0 Å². The zero-order valence-corrected chi connectivity index (χ0v) is 20.6. The van der Waals surface area contributed by atoms with Gasteiger partial charge in [0.15, 0.2) is 5.82 Å². The molecule has 2 aromatic carbocycles. The minimum Gasteiger partial charge on any atom is -0.315 e. The van der Waals surface area contributed by atoms with E-state index in [2.05, 4.69) is 20.1 Å². The van der Waals surface area contributed by atoms with Crippen molar-refractivity contribution in [2.45, 2.75) is 50.5 Å². The van der Waals surface area contributed by atoms with Crippen LogP contribution >= 0.6 is 11.6 Å². The first-order valence-corrected chi connectivity index (χ1v) is 13.2. The summed E-state index contributed by atoms with van der Waals surface area (Å²) in [6, 6.07) is 14.1. The fraction of sp³-hybridized carbons (Fsp3) is 0.417. The summed E-state index contributed by atoms with van der Waals surface area (Å²) >= 11 is 6.41. The van der Waals surface area contributed by atoms with E-state index in [0.717, 1.165) is 44.6 Å². The first-order valence-electron chi connectivity index (χ1n) is 11.4. The predicted molar refractivity (Wildman–Crippen MR) is 132 cm³/mol. The van der Waals surface area contributed by atoms with E-state index < -0.39 is 10.0 Å². The molecule has 7 nitrogen and oxygen atoms in total. The molecule has 1 unspecified atom stereocenters. The number of piperidine rings is 1. The number of unbranched alkanes of at least 4 members (excludes halogenated alkanes) is 1. The lowest BCUT2D eigenvalue weighted by atomic mass is 10.1. The molecule has 1 aliphatic rings. The summed E-state index contributed by atoms with van der Waals surface area (Å²) in [7, 11) is -3.78. The molecule has 1 atom stereocenters. The van der Waals surface area contributed by atoms with E-state index in [-0.39, 0.29) is 10.9 Å². The highest BCUT2D eigenvalue weighted by molar-refractivity contribution is 7.92. The van der Waals surface area contributed by atoms with Gasteiger partial charge in [0.25, 0.3) is 10.0 Å². The van der Waals surface area contributed by atoms with E-state index >= 15 is 0 Å². The number of aromatic nitrogens is 3. The van der Waals surface area contributed by atoms with E-state index in [9.17, 15) is 8.42 Å². The maximum atomic E-state index is 13.7. The Bertz CT molecular complexity index is 1190. The number of aryl methyl sites for hydroxylation is 1. The molecule has 1 aromatic heterocycles. The second-order valence-electron chi connectivity index (χ2n) is 8.35. The van der Waals surface area contributed by atoms with Crippen LogP contribution in [0.1, 0.15) is 44.5 Å². The van der Waals surface area contributed by atoms with E-state index in [1.54, 1.807) is 42.5 Å². The monoisotopic (exact) mass is 487 g/mol. The molecule has 0 aliphatic carbocycles. The van der Waals surface area contributed by atoms with Gasteiger partial charge in [0.1, 0.15) is 5.82 Å². The number of nitrogens with one attached hydrogen (secondary N) is 1. The topological polar surface area (TPSA) is 80.1 Å². The van der Waals surface area contributed by atoms with Crippen LogP contribution in [-0.2, 0) is 10.0 Å². The highest BCUT2D eigenvalue weighted by atomic mass is 35.5. The van der Waals surface area contributed by atoms with Gasteiger partial charge in [-0.15, -0.1) is 10.2 Å². The number of nitrogens with zero attached hydrogens (tertiary/aromatic N) is 4. The number of sulfonamides is 1. The van der Waals surface area contributed by atoms with Crippen LogP contribution in [0.3, 0.4) is 0 Å². The fourth-order valence-corrected chi connectivity index (χ4v) is 6.06. The minimum atomic E-state index is -3.78. The summed E-state index contributed by atoms with van der Waals surface area (Å²) in [4.78, 5) is 0.260. The third-order valence-corrected chi connectivity index (χ3v) is 8.08. The average Bonchev–Trinajstić information content (AvgIpc) is 3.22. The summed E-state index contributed by atoms with van der Waals surface area (Å²) in [5.41, 5.74) is 1.23. The summed E-state index contributed by atoms with van der Waals surface area (Å²) in [5, 5.41) is 12.8. The SMILES string of the molecule is CCCCN(c1ccc(Cl)cc1-c1nnc(C)n1C1CCCNC1)S(=O)(=O)c1ccccc1. The third-order valence-electron chi connectivity index (χ3n) is 6.02. The Morgan fingerprint density at radius 1 is 1.18 bits per heavy atom. The van der Waals surface area contributed by atoms with Crippen molar-refractivity contribution >= 4 is 27.3 Å². The number of anilines is 1. The summed E-state index contributed by atoms with van der Waals surface area (Å²) in [6.45, 7) is 6.16. The van der Waals surface area contributed by atoms with Crippen molar-refractivity contribution in [3.63, 3.8) is 0 Å². The maximum absolute atomic E-state index is 13.7. The normalized spacial score (nSPS) is 16.6. The molecule has 0 amide bonds. The van der Waals surface area contributed by atoms with Crippen LogP contribution in [0.25, 0.3) is 11.4 Å². The van der Waals surface area contributed by atoms with Crippen LogP contribution < -0.4 is 9.62 Å². The Labute approximate surface area is 200 Å². The fourth-order valence-electron chi connectivity index (χ4n) is 4.34. The largest absolute Gasteiger partial charge is 0.315 e. The Kier molecular flexibility index (Phi) is 7.36. The van der Waals surface area contributed by atoms with Crippen molar-refractivity contribution in [1.82, 2.24) is 20.1 Å². The lowest BCUT2D eigenvalue weighted by molar-refractivity contribution is 0.368. The van der Waals surface area contributed by atoms with Gasteiger partial charge in [0.2, 0.25) is 0 Å². The minimum absolute atomic E-state index is 0.199. The van der Waals surface area contributed by atoms with Crippen molar-refractivity contribution < 1.29 is 8.42 Å². The van der Waals surface area contributed by atoms with Crippen LogP contribution in [0, 0.1) is 6.92 Å². The molecule has 1 aliphatic heterocycles. The molecule has 0 radical (unpaired) electrons. The van der Waals surface area contributed by atoms with Gasteiger partial charge in [-0.25, -0.2) is 8.42 Å². The van der Waals surface area contributed by atoms with Gasteiger partial charge in [0, 0.05) is 29.7 Å². The van der Waals surface area contributed by atoms with Crippen molar-refractivity contribution in [3.8, 4) is 11.4 Å². The van der Waals surface area contributed by atoms with Gasteiger partial charge >= 0.3 is 0 Å². The lowest BCUT2D eigenvalue weighted by Crippen LogP contribution is -2.33. The van der Waals surface area contributed by atoms with E-state index in [4.69, 9.17) is 11.6 Å². The van der Waals surface area contributed by atoms with E-state index in [1.165, 1.54) is 4.31 Å². The van der Waals surface area contributed by atoms with Crippen molar-refractivity contribution in [2.75, 3.05) is 23.9 Å². The van der Waals surface area contributed by atoms with Crippen LogP contribution in [0.15, 0.2) is 53.4 Å². The zero-order valence-electron chi connectivity index (χ0n) is 19.0. The molecule has 1 N–H and O–H groups in total. The van der Waals surface area contributed by atoms with Gasteiger partial charge in [0.05, 0.1) is 10.6 Å². The Balaban J connectivity index is 1.87. The number of hydrogen-bond acceptors (Lipinski definition) is 5. The van der Waals surface area contributed by atoms with E-state index in [1.807, 2.05) is 19.9 Å². The molecule has 1 fully saturated rings. The second-order valence-corrected chi connectivity index (χ2v) is 10.6. The van der Waals surface area contributed by atoms with E-state index in [0.29, 0.717) is 28.6 Å². The van der Waals surface area contributed by atoms with Crippen LogP contribution in [-0.4, -0.2) is 42.8 Å². The summed E-state index contributed by atoms with van der Waals surface area (Å²) < 4.78 is 31.1. The Hall–Kier alpha value is -2.42. The maximum Gasteiger partial charge on any atom is 0.264 e. The molecule has 33 heavy (non-hydrogen) atoms. The molecule has 176 valence electrons. The van der Waals surface area contributed by atoms with Crippen LogP contribution in [0.4, 0.5) is 5.69 Å². The van der Waals surface area contributed by atoms with Gasteiger partial charge < -0.3 is 9.88 Å². The Morgan fingerprint density at radius 3 is 2.67 bits per heavy atom. The highest BCUT2D eigenvalue weighted by Gasteiger charge is 2.30. The molecule has 0 spiro atoms. The first kappa shape index (κ1) is 23.7. The summed E-state index contributed by atoms with van der Waals surface area (Å²) in [5.74, 6) is 1.44.